The highest BCUT2D eigenvalue weighted by Crippen LogP contribution is 2.30. The molecule has 0 aliphatic carbocycles. The van der Waals surface area contributed by atoms with Gasteiger partial charge < -0.3 is 14.9 Å². The molecule has 0 aromatic heterocycles. The van der Waals surface area contributed by atoms with Crippen molar-refractivity contribution in [1.82, 2.24) is 0 Å². The highest BCUT2D eigenvalue weighted by Gasteiger charge is 2.31. The van der Waals surface area contributed by atoms with E-state index >= 15 is 0 Å². The second kappa shape index (κ2) is 6.60. The number of hydrogen-bond acceptors (Lipinski definition) is 6. The van der Waals surface area contributed by atoms with E-state index in [0.717, 1.165) is 0 Å². The molecule has 19 heavy (non-hydrogen) atoms. The third-order valence-corrected chi connectivity index (χ3v) is 2.83. The van der Waals surface area contributed by atoms with Gasteiger partial charge in [0.05, 0.1) is 17.1 Å². The van der Waals surface area contributed by atoms with Gasteiger partial charge in [0.2, 0.25) is 0 Å². The van der Waals surface area contributed by atoms with Crippen molar-refractivity contribution in [3.05, 3.63) is 38.3 Å². The molecule has 1 aromatic carbocycles. The van der Waals surface area contributed by atoms with Crippen LogP contribution in [-0.4, -0.2) is 33.8 Å². The zero-order chi connectivity index (χ0) is 14.6. The van der Waals surface area contributed by atoms with Gasteiger partial charge in [0.15, 0.2) is 6.10 Å². The van der Waals surface area contributed by atoms with Crippen LogP contribution in [-0.2, 0) is 9.53 Å². The van der Waals surface area contributed by atoms with E-state index in [0.29, 0.717) is 4.47 Å². The second-order valence-corrected chi connectivity index (χ2v) is 4.52. The number of nitro benzene ring substituents is 1. The van der Waals surface area contributed by atoms with Gasteiger partial charge in [-0.25, -0.2) is 4.79 Å². The molecule has 0 saturated heterocycles. The van der Waals surface area contributed by atoms with Crippen LogP contribution in [0.4, 0.5) is 5.69 Å². The SMILES string of the molecule is CCOC(=O)C(O)C(O)c1ccc(Br)cc1[N+](=O)[O-]. The predicted molar refractivity (Wildman–Crippen MR) is 68.4 cm³/mol. The molecule has 0 amide bonds. The molecule has 1 rings (SSSR count). The smallest absolute Gasteiger partial charge is 0.338 e. The quantitative estimate of drug-likeness (QED) is 0.477. The third-order valence-electron chi connectivity index (χ3n) is 2.33. The molecule has 0 spiro atoms. The number of esters is 1. The van der Waals surface area contributed by atoms with E-state index in [1.165, 1.54) is 18.2 Å². The van der Waals surface area contributed by atoms with E-state index in [1.54, 1.807) is 6.92 Å². The highest BCUT2D eigenvalue weighted by molar-refractivity contribution is 9.10. The van der Waals surface area contributed by atoms with E-state index in [-0.39, 0.29) is 12.2 Å². The van der Waals surface area contributed by atoms with E-state index in [4.69, 9.17) is 0 Å². The van der Waals surface area contributed by atoms with Crippen molar-refractivity contribution >= 4 is 27.6 Å². The minimum atomic E-state index is -1.88. The van der Waals surface area contributed by atoms with Crippen molar-refractivity contribution in [3.8, 4) is 0 Å². The van der Waals surface area contributed by atoms with Crippen LogP contribution in [0.1, 0.15) is 18.6 Å². The largest absolute Gasteiger partial charge is 0.464 e. The Morgan fingerprint density at radius 3 is 2.68 bits per heavy atom. The Morgan fingerprint density at radius 2 is 2.16 bits per heavy atom. The van der Waals surface area contributed by atoms with Crippen molar-refractivity contribution in [3.63, 3.8) is 0 Å². The zero-order valence-corrected chi connectivity index (χ0v) is 11.5. The van der Waals surface area contributed by atoms with Crippen LogP contribution in [0.3, 0.4) is 0 Å². The molecular formula is C11H12BrNO6. The Labute approximate surface area is 117 Å². The Kier molecular flexibility index (Phi) is 5.40. The van der Waals surface area contributed by atoms with Crippen molar-refractivity contribution in [2.75, 3.05) is 6.61 Å². The number of halogens is 1. The molecule has 0 fully saturated rings. The number of nitro groups is 1. The van der Waals surface area contributed by atoms with Gasteiger partial charge in [0, 0.05) is 10.5 Å². The van der Waals surface area contributed by atoms with Gasteiger partial charge in [-0.2, -0.15) is 0 Å². The third kappa shape index (κ3) is 3.72. The van der Waals surface area contributed by atoms with Gasteiger partial charge in [0.1, 0.15) is 6.10 Å². The van der Waals surface area contributed by atoms with Gasteiger partial charge >= 0.3 is 5.97 Å². The van der Waals surface area contributed by atoms with Gasteiger partial charge in [-0.05, 0) is 19.1 Å². The molecule has 2 N–H and O–H groups in total. The maximum absolute atomic E-state index is 11.3. The molecule has 0 aliphatic rings. The lowest BCUT2D eigenvalue weighted by Crippen LogP contribution is -2.30. The van der Waals surface area contributed by atoms with Crippen molar-refractivity contribution in [2.45, 2.75) is 19.1 Å². The van der Waals surface area contributed by atoms with Crippen molar-refractivity contribution in [2.24, 2.45) is 0 Å². The number of rotatable bonds is 5. The molecule has 2 atom stereocenters. The fourth-order valence-corrected chi connectivity index (χ4v) is 1.80. The normalized spacial score (nSPS) is 13.7. The van der Waals surface area contributed by atoms with E-state index in [2.05, 4.69) is 20.7 Å². The molecular weight excluding hydrogens is 322 g/mol. The summed E-state index contributed by atoms with van der Waals surface area (Å²) in [5, 5.41) is 30.3. The van der Waals surface area contributed by atoms with Crippen LogP contribution in [0.15, 0.2) is 22.7 Å². The summed E-state index contributed by atoms with van der Waals surface area (Å²) in [6.07, 6.45) is -3.60. The average molecular weight is 334 g/mol. The summed E-state index contributed by atoms with van der Waals surface area (Å²) in [4.78, 5) is 21.5. The fraction of sp³-hybridized carbons (Fsp3) is 0.364. The maximum Gasteiger partial charge on any atom is 0.338 e. The number of nitrogens with zero attached hydrogens (tertiary/aromatic N) is 1. The van der Waals surface area contributed by atoms with Crippen LogP contribution >= 0.6 is 15.9 Å². The fourth-order valence-electron chi connectivity index (χ4n) is 1.45. The minimum Gasteiger partial charge on any atom is -0.464 e. The van der Waals surface area contributed by atoms with Crippen LogP contribution in [0.5, 0.6) is 0 Å². The molecule has 0 heterocycles. The summed E-state index contributed by atoms with van der Waals surface area (Å²) in [6, 6.07) is 3.90. The molecule has 104 valence electrons. The van der Waals surface area contributed by atoms with E-state index in [9.17, 15) is 25.1 Å². The highest BCUT2D eigenvalue weighted by atomic mass is 79.9. The number of carbonyl (C=O) groups is 1. The van der Waals surface area contributed by atoms with Gasteiger partial charge in [-0.15, -0.1) is 0 Å². The second-order valence-electron chi connectivity index (χ2n) is 3.60. The number of carbonyl (C=O) groups excluding carboxylic acids is 1. The van der Waals surface area contributed by atoms with E-state index in [1.807, 2.05) is 0 Å². The number of benzene rings is 1. The lowest BCUT2D eigenvalue weighted by atomic mass is 10.0. The van der Waals surface area contributed by atoms with Crippen LogP contribution in [0, 0.1) is 10.1 Å². The molecule has 1 aromatic rings. The predicted octanol–water partition coefficient (Wildman–Crippen LogP) is 1.31. The lowest BCUT2D eigenvalue weighted by Gasteiger charge is -2.16. The first-order valence-corrected chi connectivity index (χ1v) is 6.14. The Morgan fingerprint density at radius 1 is 1.53 bits per heavy atom. The number of aliphatic hydroxyl groups excluding tert-OH is 2. The topological polar surface area (TPSA) is 110 Å². The molecule has 0 bridgehead atoms. The van der Waals surface area contributed by atoms with Gasteiger partial charge in [-0.1, -0.05) is 15.9 Å². The van der Waals surface area contributed by atoms with Crippen LogP contribution in [0.25, 0.3) is 0 Å². The molecule has 2 unspecified atom stereocenters. The standard InChI is InChI=1S/C11H12BrNO6/c1-2-19-11(16)10(15)9(14)7-4-3-6(12)5-8(7)13(17)18/h3-5,9-10,14-15H,2H2,1H3. The average Bonchev–Trinajstić information content (AvgIpc) is 2.37. The minimum absolute atomic E-state index is 0.0328. The number of ether oxygens (including phenoxy) is 1. The van der Waals surface area contributed by atoms with Crippen LogP contribution in [0.2, 0.25) is 0 Å². The van der Waals surface area contributed by atoms with Crippen LogP contribution < -0.4 is 0 Å². The molecule has 0 aliphatic heterocycles. The summed E-state index contributed by atoms with van der Waals surface area (Å²) in [5.41, 5.74) is -0.557. The monoisotopic (exact) mass is 333 g/mol. The lowest BCUT2D eigenvalue weighted by molar-refractivity contribution is -0.386. The summed E-state index contributed by atoms with van der Waals surface area (Å²) in [6.45, 7) is 1.57. The Balaban J connectivity index is 3.08. The molecule has 0 radical (unpaired) electrons. The molecule has 8 heteroatoms. The number of hydrogen-bond donors (Lipinski definition) is 2. The Bertz CT molecular complexity index is 492. The first-order chi connectivity index (χ1) is 8.88. The zero-order valence-electron chi connectivity index (χ0n) is 9.95. The van der Waals surface area contributed by atoms with E-state index < -0.39 is 28.8 Å². The summed E-state index contributed by atoms with van der Waals surface area (Å²) in [7, 11) is 0. The van der Waals surface area contributed by atoms with Gasteiger partial charge in [0.25, 0.3) is 5.69 Å². The van der Waals surface area contributed by atoms with Gasteiger partial charge in [-0.3, -0.25) is 10.1 Å². The maximum atomic E-state index is 11.3. The first kappa shape index (κ1) is 15.5. The number of aliphatic hydroxyl groups is 2. The molecule has 7 nitrogen and oxygen atoms in total. The van der Waals surface area contributed by atoms with Crippen molar-refractivity contribution in [1.29, 1.82) is 0 Å². The summed E-state index contributed by atoms with van der Waals surface area (Å²) >= 11 is 3.06. The van der Waals surface area contributed by atoms with Crippen molar-refractivity contribution < 1.29 is 24.7 Å². The summed E-state index contributed by atoms with van der Waals surface area (Å²) < 4.78 is 4.99. The Hall–Kier alpha value is -1.51. The summed E-state index contributed by atoms with van der Waals surface area (Å²) in [5.74, 6) is -1.03. The molecule has 0 saturated carbocycles. The first-order valence-electron chi connectivity index (χ1n) is 5.35.